The number of Topliss-reactive ketones (excluding diaryl/α,β-unsaturated/α-hetero) is 1. The largest absolute Gasteiger partial charge is 0.348 e. The molecule has 6 heteroatoms. The Bertz CT molecular complexity index is 505. The summed E-state index contributed by atoms with van der Waals surface area (Å²) in [6.07, 6.45) is 2.82. The Labute approximate surface area is 109 Å². The number of carbonyl (C=O) groups is 2. The number of ketones is 1. The van der Waals surface area contributed by atoms with Gasteiger partial charge in [0.1, 0.15) is 5.41 Å². The highest BCUT2D eigenvalue weighted by molar-refractivity contribution is 5.91. The molecule has 0 aromatic carbocycles. The molecular formula is C13H14F2N2O2. The summed E-state index contributed by atoms with van der Waals surface area (Å²) in [5.41, 5.74) is -0.874. The zero-order valence-corrected chi connectivity index (χ0v) is 10.5. The van der Waals surface area contributed by atoms with E-state index < -0.39 is 23.7 Å². The summed E-state index contributed by atoms with van der Waals surface area (Å²) in [7, 11) is 0. The molecule has 1 aromatic rings. The van der Waals surface area contributed by atoms with Gasteiger partial charge in [0, 0.05) is 25.2 Å². The molecule has 1 aliphatic rings. The maximum absolute atomic E-state index is 12.9. The Kier molecular flexibility index (Phi) is 3.34. The fourth-order valence-corrected chi connectivity index (χ4v) is 1.81. The van der Waals surface area contributed by atoms with Crippen LogP contribution in [0.15, 0.2) is 24.5 Å². The number of hydrogen-bond acceptors (Lipinski definition) is 3. The average Bonchev–Trinajstić information content (AvgIpc) is 2.88. The highest BCUT2D eigenvalue weighted by atomic mass is 19.3. The smallest absolute Gasteiger partial charge is 0.263 e. The van der Waals surface area contributed by atoms with Gasteiger partial charge in [-0.2, -0.15) is 0 Å². The number of pyridine rings is 1. The van der Waals surface area contributed by atoms with Crippen molar-refractivity contribution in [2.45, 2.75) is 25.7 Å². The summed E-state index contributed by atoms with van der Waals surface area (Å²) >= 11 is 0. The van der Waals surface area contributed by atoms with Crippen LogP contribution in [0.5, 0.6) is 0 Å². The van der Waals surface area contributed by atoms with Crippen LogP contribution in [0.1, 0.15) is 18.9 Å². The van der Waals surface area contributed by atoms with Crippen molar-refractivity contribution in [1.29, 1.82) is 0 Å². The van der Waals surface area contributed by atoms with Gasteiger partial charge >= 0.3 is 0 Å². The minimum absolute atomic E-state index is 0.149. The predicted octanol–water partition coefficient (Wildman–Crippen LogP) is 1.35. The fourth-order valence-electron chi connectivity index (χ4n) is 1.81. The van der Waals surface area contributed by atoms with E-state index in [1.54, 1.807) is 24.5 Å². The number of rotatable bonds is 5. The van der Waals surface area contributed by atoms with Crippen LogP contribution in [0.2, 0.25) is 0 Å². The highest BCUT2D eigenvalue weighted by Gasteiger charge is 2.72. The number of alkyl halides is 2. The molecule has 1 aliphatic carbocycles. The Morgan fingerprint density at radius 3 is 2.47 bits per heavy atom. The molecule has 2 rings (SSSR count). The first-order valence-corrected chi connectivity index (χ1v) is 5.92. The molecule has 1 unspecified atom stereocenters. The van der Waals surface area contributed by atoms with E-state index >= 15 is 0 Å². The number of carbonyl (C=O) groups excluding carboxylic acids is 2. The molecule has 0 spiro atoms. The van der Waals surface area contributed by atoms with Gasteiger partial charge in [-0.15, -0.1) is 0 Å². The van der Waals surface area contributed by atoms with E-state index in [0.29, 0.717) is 0 Å². The van der Waals surface area contributed by atoms with Crippen molar-refractivity contribution in [3.8, 4) is 0 Å². The first-order valence-electron chi connectivity index (χ1n) is 5.92. The molecule has 19 heavy (non-hydrogen) atoms. The van der Waals surface area contributed by atoms with E-state index in [-0.39, 0.29) is 18.7 Å². The summed E-state index contributed by atoms with van der Waals surface area (Å²) in [5.74, 6) is -3.95. The van der Waals surface area contributed by atoms with Crippen LogP contribution < -0.4 is 5.32 Å². The van der Waals surface area contributed by atoms with Crippen molar-refractivity contribution < 1.29 is 18.4 Å². The minimum atomic E-state index is -2.95. The Hall–Kier alpha value is -1.85. The molecule has 0 bridgehead atoms. The van der Waals surface area contributed by atoms with Gasteiger partial charge in [0.25, 0.3) is 5.92 Å². The Morgan fingerprint density at radius 1 is 1.37 bits per heavy atom. The summed E-state index contributed by atoms with van der Waals surface area (Å²) < 4.78 is 25.9. The maximum atomic E-state index is 12.9. The zero-order chi connectivity index (χ0) is 14.1. The molecule has 0 aliphatic heterocycles. The number of hydrogen-bond donors (Lipinski definition) is 1. The predicted molar refractivity (Wildman–Crippen MR) is 63.6 cm³/mol. The van der Waals surface area contributed by atoms with Crippen LogP contribution in [0.25, 0.3) is 0 Å². The van der Waals surface area contributed by atoms with Gasteiger partial charge in [0.15, 0.2) is 5.78 Å². The van der Waals surface area contributed by atoms with E-state index in [4.69, 9.17) is 0 Å². The van der Waals surface area contributed by atoms with Crippen molar-refractivity contribution in [2.75, 3.05) is 6.54 Å². The van der Waals surface area contributed by atoms with Crippen LogP contribution in [-0.4, -0.2) is 29.1 Å². The van der Waals surface area contributed by atoms with E-state index in [1.165, 1.54) is 6.92 Å². The second kappa shape index (κ2) is 4.68. The molecule has 4 nitrogen and oxygen atoms in total. The Morgan fingerprint density at radius 2 is 1.95 bits per heavy atom. The summed E-state index contributed by atoms with van der Waals surface area (Å²) in [5, 5.41) is 2.28. The van der Waals surface area contributed by atoms with Gasteiger partial charge in [0.2, 0.25) is 5.91 Å². The minimum Gasteiger partial charge on any atom is -0.348 e. The first kappa shape index (κ1) is 13.6. The molecule has 1 atom stereocenters. The summed E-state index contributed by atoms with van der Waals surface area (Å²) in [6.45, 7) is 0.975. The molecular weight excluding hydrogens is 254 g/mol. The number of aromatic nitrogens is 1. The van der Waals surface area contributed by atoms with Crippen LogP contribution in [0.4, 0.5) is 8.78 Å². The summed E-state index contributed by atoms with van der Waals surface area (Å²) in [4.78, 5) is 27.0. The van der Waals surface area contributed by atoms with Crippen molar-refractivity contribution in [3.05, 3.63) is 30.1 Å². The lowest BCUT2D eigenvalue weighted by atomic mass is 10.1. The van der Waals surface area contributed by atoms with E-state index in [2.05, 4.69) is 10.3 Å². The number of nitrogens with zero attached hydrogens (tertiary/aromatic N) is 1. The highest BCUT2D eigenvalue weighted by Crippen LogP contribution is 2.60. The molecule has 1 amide bonds. The standard InChI is InChI=1S/C13H14F2N2O2/c1-12(8-13(12,14)15)11(19)17-7-10(18)6-9-2-4-16-5-3-9/h2-5H,6-8H2,1H3,(H,17,19). The van der Waals surface area contributed by atoms with E-state index in [1.807, 2.05) is 0 Å². The zero-order valence-electron chi connectivity index (χ0n) is 10.5. The van der Waals surface area contributed by atoms with Gasteiger partial charge in [0.05, 0.1) is 6.54 Å². The second-order valence-corrected chi connectivity index (χ2v) is 4.97. The lowest BCUT2D eigenvalue weighted by Crippen LogP contribution is -2.37. The normalized spacial score (nSPS) is 23.7. The first-order chi connectivity index (χ1) is 8.85. The second-order valence-electron chi connectivity index (χ2n) is 4.97. The molecule has 1 fully saturated rings. The Balaban J connectivity index is 1.80. The van der Waals surface area contributed by atoms with Crippen molar-refractivity contribution in [2.24, 2.45) is 5.41 Å². The maximum Gasteiger partial charge on any atom is 0.263 e. The molecule has 102 valence electrons. The molecule has 1 saturated carbocycles. The average molecular weight is 268 g/mol. The van der Waals surface area contributed by atoms with E-state index in [0.717, 1.165) is 5.56 Å². The lowest BCUT2D eigenvalue weighted by Gasteiger charge is -2.10. The lowest BCUT2D eigenvalue weighted by molar-refractivity contribution is -0.131. The molecule has 0 radical (unpaired) electrons. The molecule has 1 N–H and O–H groups in total. The third-order valence-electron chi connectivity index (χ3n) is 3.36. The van der Waals surface area contributed by atoms with Gasteiger partial charge in [-0.25, -0.2) is 8.78 Å². The third-order valence-corrected chi connectivity index (χ3v) is 3.36. The van der Waals surface area contributed by atoms with Gasteiger partial charge < -0.3 is 5.32 Å². The monoisotopic (exact) mass is 268 g/mol. The summed E-state index contributed by atoms with van der Waals surface area (Å²) in [6, 6.07) is 3.38. The van der Waals surface area contributed by atoms with Gasteiger partial charge in [-0.1, -0.05) is 0 Å². The van der Waals surface area contributed by atoms with Crippen LogP contribution >= 0.6 is 0 Å². The van der Waals surface area contributed by atoms with Crippen LogP contribution in [0, 0.1) is 5.41 Å². The third kappa shape index (κ3) is 2.77. The fraction of sp³-hybridized carbons (Fsp3) is 0.462. The van der Waals surface area contributed by atoms with Gasteiger partial charge in [-0.05, 0) is 24.6 Å². The van der Waals surface area contributed by atoms with Crippen LogP contribution in [0.3, 0.4) is 0 Å². The molecule has 0 saturated heterocycles. The number of amides is 1. The van der Waals surface area contributed by atoms with Crippen LogP contribution in [-0.2, 0) is 16.0 Å². The SMILES string of the molecule is CC1(C(=O)NCC(=O)Cc2ccncc2)CC1(F)F. The van der Waals surface area contributed by atoms with Crippen molar-refractivity contribution in [3.63, 3.8) is 0 Å². The molecule has 1 heterocycles. The van der Waals surface area contributed by atoms with E-state index in [9.17, 15) is 18.4 Å². The van der Waals surface area contributed by atoms with Crippen molar-refractivity contribution >= 4 is 11.7 Å². The molecule has 1 aromatic heterocycles. The topological polar surface area (TPSA) is 59.1 Å². The van der Waals surface area contributed by atoms with Crippen molar-refractivity contribution in [1.82, 2.24) is 10.3 Å². The number of halogens is 2. The van der Waals surface area contributed by atoms with Gasteiger partial charge in [-0.3, -0.25) is 14.6 Å². The number of nitrogens with one attached hydrogen (secondary N) is 1. The quantitative estimate of drug-likeness (QED) is 0.877.